The summed E-state index contributed by atoms with van der Waals surface area (Å²) in [6, 6.07) is 6.37. The second-order valence-corrected chi connectivity index (χ2v) is 6.52. The number of aryl methyl sites for hydroxylation is 1. The molecule has 2 aromatic rings. The summed E-state index contributed by atoms with van der Waals surface area (Å²) < 4.78 is 10.2. The number of Topliss-reactive ketones (excluding diaryl/α,β-unsaturated/α-hetero) is 1. The second kappa shape index (κ2) is 9.18. The van der Waals surface area contributed by atoms with Gasteiger partial charge in [0.2, 0.25) is 0 Å². The van der Waals surface area contributed by atoms with Crippen molar-refractivity contribution in [3.05, 3.63) is 52.3 Å². The highest BCUT2D eigenvalue weighted by atomic mass is 16.5. The Kier molecular flexibility index (Phi) is 6.93. The lowest BCUT2D eigenvalue weighted by Gasteiger charge is -2.13. The average Bonchev–Trinajstić information content (AvgIpc) is 2.96. The molecule has 1 amide bonds. The number of carbonyl (C=O) groups is 4. The maximum atomic E-state index is 12.5. The average molecular weight is 400 g/mol. The molecule has 29 heavy (non-hydrogen) atoms. The molecule has 154 valence electrons. The number of carbonyl (C=O) groups excluding carboxylic acids is 4. The monoisotopic (exact) mass is 400 g/mol. The molecule has 0 radical (unpaired) electrons. The minimum atomic E-state index is -1.08. The molecule has 0 aliphatic carbocycles. The van der Waals surface area contributed by atoms with Gasteiger partial charge in [0, 0.05) is 16.9 Å². The Bertz CT molecular complexity index is 943. The van der Waals surface area contributed by atoms with Gasteiger partial charge in [0.1, 0.15) is 5.69 Å². The van der Waals surface area contributed by atoms with Gasteiger partial charge in [-0.2, -0.15) is 0 Å². The molecule has 2 rings (SSSR count). The molecule has 1 aromatic heterocycles. The number of amides is 1. The summed E-state index contributed by atoms with van der Waals surface area (Å²) >= 11 is 0. The van der Waals surface area contributed by atoms with Crippen LogP contribution in [-0.2, 0) is 14.3 Å². The van der Waals surface area contributed by atoms with Crippen molar-refractivity contribution in [2.45, 2.75) is 40.7 Å². The number of rotatable bonds is 7. The fraction of sp³-hybridized carbons (Fsp3) is 0.333. The van der Waals surface area contributed by atoms with Gasteiger partial charge in [-0.1, -0.05) is 0 Å². The Labute approximate surface area is 168 Å². The molecule has 0 aliphatic rings. The van der Waals surface area contributed by atoms with Crippen molar-refractivity contribution in [3.63, 3.8) is 0 Å². The van der Waals surface area contributed by atoms with Crippen LogP contribution < -0.4 is 5.32 Å². The Morgan fingerprint density at radius 3 is 2.24 bits per heavy atom. The molecule has 1 aromatic carbocycles. The van der Waals surface area contributed by atoms with Crippen LogP contribution >= 0.6 is 0 Å². The van der Waals surface area contributed by atoms with Crippen molar-refractivity contribution >= 4 is 29.3 Å². The van der Waals surface area contributed by atoms with Crippen molar-refractivity contribution in [1.29, 1.82) is 0 Å². The zero-order chi connectivity index (χ0) is 21.7. The van der Waals surface area contributed by atoms with E-state index in [9.17, 15) is 19.2 Å². The maximum Gasteiger partial charge on any atom is 0.355 e. The predicted octanol–water partition coefficient (Wildman–Crippen LogP) is 3.19. The minimum absolute atomic E-state index is 0.0797. The van der Waals surface area contributed by atoms with Crippen LogP contribution in [0.2, 0.25) is 0 Å². The van der Waals surface area contributed by atoms with Gasteiger partial charge in [-0.05, 0) is 64.4 Å². The van der Waals surface area contributed by atoms with Crippen LogP contribution in [-0.4, -0.2) is 41.3 Å². The standard InChI is InChI=1S/C21H24N2O6/c1-6-28-20(26)17-11(2)18(22-12(17)3)21(27)29-14(5)19(25)23-16-9-7-15(8-10-16)13(4)24/h7-10,14,22H,6H2,1-5H3,(H,23,25)/t14-/m0/s1. The minimum Gasteiger partial charge on any atom is -0.462 e. The van der Waals surface area contributed by atoms with Gasteiger partial charge in [0.05, 0.1) is 12.2 Å². The van der Waals surface area contributed by atoms with Gasteiger partial charge >= 0.3 is 11.9 Å². The number of H-pyrrole nitrogens is 1. The molecule has 8 heteroatoms. The highest BCUT2D eigenvalue weighted by molar-refractivity contribution is 6.01. The molecule has 0 bridgehead atoms. The largest absolute Gasteiger partial charge is 0.462 e. The highest BCUT2D eigenvalue weighted by Gasteiger charge is 2.26. The number of nitrogens with one attached hydrogen (secondary N) is 2. The first-order valence-corrected chi connectivity index (χ1v) is 9.14. The number of esters is 2. The number of aromatic amines is 1. The van der Waals surface area contributed by atoms with E-state index in [0.717, 1.165) is 0 Å². The second-order valence-electron chi connectivity index (χ2n) is 6.52. The summed E-state index contributed by atoms with van der Waals surface area (Å²) in [7, 11) is 0. The third-order valence-corrected chi connectivity index (χ3v) is 4.33. The zero-order valence-corrected chi connectivity index (χ0v) is 17.0. The van der Waals surface area contributed by atoms with Crippen molar-refractivity contribution in [3.8, 4) is 0 Å². The third kappa shape index (κ3) is 5.10. The lowest BCUT2D eigenvalue weighted by molar-refractivity contribution is -0.123. The molecular weight excluding hydrogens is 376 g/mol. The van der Waals surface area contributed by atoms with Crippen LogP contribution in [0.4, 0.5) is 5.69 Å². The van der Waals surface area contributed by atoms with Crippen LogP contribution in [0.1, 0.15) is 63.2 Å². The number of hydrogen-bond donors (Lipinski definition) is 2. The number of ketones is 1. The van der Waals surface area contributed by atoms with Gasteiger partial charge in [0.15, 0.2) is 11.9 Å². The zero-order valence-electron chi connectivity index (χ0n) is 17.0. The van der Waals surface area contributed by atoms with E-state index in [2.05, 4.69) is 10.3 Å². The summed E-state index contributed by atoms with van der Waals surface area (Å²) in [5.41, 5.74) is 2.25. The fourth-order valence-electron chi connectivity index (χ4n) is 2.77. The molecule has 2 N–H and O–H groups in total. The van der Waals surface area contributed by atoms with Crippen LogP contribution in [0.5, 0.6) is 0 Å². The van der Waals surface area contributed by atoms with E-state index in [1.165, 1.54) is 13.8 Å². The Hall–Kier alpha value is -3.42. The SMILES string of the molecule is CCOC(=O)c1c(C)[nH]c(C(=O)O[C@@H](C)C(=O)Nc2ccc(C(C)=O)cc2)c1C. The smallest absolute Gasteiger partial charge is 0.355 e. The predicted molar refractivity (Wildman–Crippen MR) is 106 cm³/mol. The summed E-state index contributed by atoms with van der Waals surface area (Å²) in [6.45, 7) is 8.05. The van der Waals surface area contributed by atoms with Gasteiger partial charge in [-0.25, -0.2) is 9.59 Å². The number of anilines is 1. The number of hydrogen-bond acceptors (Lipinski definition) is 6. The molecule has 1 heterocycles. The Morgan fingerprint density at radius 1 is 1.07 bits per heavy atom. The van der Waals surface area contributed by atoms with Crippen molar-refractivity contribution in [2.24, 2.45) is 0 Å². The van der Waals surface area contributed by atoms with Gasteiger partial charge in [-0.15, -0.1) is 0 Å². The summed E-state index contributed by atoms with van der Waals surface area (Å²) in [5, 5.41) is 2.62. The lowest BCUT2D eigenvalue weighted by Crippen LogP contribution is -2.30. The molecule has 8 nitrogen and oxygen atoms in total. The summed E-state index contributed by atoms with van der Waals surface area (Å²) in [6.07, 6.45) is -1.08. The number of ether oxygens (including phenoxy) is 2. The molecule has 0 saturated heterocycles. The fourth-order valence-corrected chi connectivity index (χ4v) is 2.77. The topological polar surface area (TPSA) is 115 Å². The number of aromatic nitrogens is 1. The van der Waals surface area contributed by atoms with E-state index < -0.39 is 23.9 Å². The first kappa shape index (κ1) is 21.9. The molecule has 0 unspecified atom stereocenters. The molecular formula is C21H24N2O6. The molecule has 0 fully saturated rings. The van der Waals surface area contributed by atoms with E-state index >= 15 is 0 Å². The number of benzene rings is 1. The van der Waals surface area contributed by atoms with Crippen molar-refractivity contribution < 1.29 is 28.7 Å². The lowest BCUT2D eigenvalue weighted by atomic mass is 10.1. The Morgan fingerprint density at radius 2 is 1.69 bits per heavy atom. The van der Waals surface area contributed by atoms with Gasteiger partial charge in [-0.3, -0.25) is 9.59 Å². The van der Waals surface area contributed by atoms with Crippen LogP contribution in [0, 0.1) is 13.8 Å². The van der Waals surface area contributed by atoms with Crippen molar-refractivity contribution in [1.82, 2.24) is 4.98 Å². The normalized spacial score (nSPS) is 11.5. The first-order valence-electron chi connectivity index (χ1n) is 9.14. The van der Waals surface area contributed by atoms with Crippen molar-refractivity contribution in [2.75, 3.05) is 11.9 Å². The summed E-state index contributed by atoms with van der Waals surface area (Å²) in [5.74, 6) is -1.89. The van der Waals surface area contributed by atoms with Crippen LogP contribution in [0.25, 0.3) is 0 Å². The quantitative estimate of drug-likeness (QED) is 0.545. The highest BCUT2D eigenvalue weighted by Crippen LogP contribution is 2.20. The Balaban J connectivity index is 2.06. The molecule has 0 spiro atoms. The maximum absolute atomic E-state index is 12.5. The van der Waals surface area contributed by atoms with Gasteiger partial charge in [0.25, 0.3) is 5.91 Å². The first-order chi connectivity index (χ1) is 13.6. The molecule has 0 aliphatic heterocycles. The summed E-state index contributed by atoms with van der Waals surface area (Å²) in [4.78, 5) is 50.9. The molecule has 0 saturated carbocycles. The van der Waals surface area contributed by atoms with Gasteiger partial charge < -0.3 is 19.8 Å². The van der Waals surface area contributed by atoms with E-state index in [1.54, 1.807) is 45.0 Å². The van der Waals surface area contributed by atoms with E-state index in [1.807, 2.05) is 0 Å². The third-order valence-electron chi connectivity index (χ3n) is 4.33. The van der Waals surface area contributed by atoms with E-state index in [4.69, 9.17) is 9.47 Å². The van der Waals surface area contributed by atoms with E-state index in [0.29, 0.717) is 22.5 Å². The van der Waals surface area contributed by atoms with E-state index in [-0.39, 0.29) is 23.6 Å². The molecule has 1 atom stereocenters. The van der Waals surface area contributed by atoms with Crippen LogP contribution in [0.3, 0.4) is 0 Å². The van der Waals surface area contributed by atoms with Crippen LogP contribution in [0.15, 0.2) is 24.3 Å².